The van der Waals surface area contributed by atoms with Gasteiger partial charge in [-0.3, -0.25) is 4.68 Å². The van der Waals surface area contributed by atoms with Crippen LogP contribution in [0.25, 0.3) is 0 Å². The van der Waals surface area contributed by atoms with E-state index in [9.17, 15) is 4.79 Å². The highest BCUT2D eigenvalue weighted by Gasteiger charge is 2.17. The number of carboxylic acid groups (broad SMARTS) is 1. The number of hydrogen-bond donors (Lipinski definition) is 1. The quantitative estimate of drug-likeness (QED) is 0.792. The van der Waals surface area contributed by atoms with Crippen molar-refractivity contribution in [2.45, 2.75) is 32.6 Å². The summed E-state index contributed by atoms with van der Waals surface area (Å²) in [5.74, 6) is -0.198. The first-order chi connectivity index (χ1) is 6.56. The number of carboxylic acids is 1. The van der Waals surface area contributed by atoms with Crippen molar-refractivity contribution in [1.82, 2.24) is 14.8 Å². The van der Waals surface area contributed by atoms with Gasteiger partial charge in [0.05, 0.1) is 0 Å². The second-order valence-corrected chi connectivity index (χ2v) is 3.41. The molecule has 0 bridgehead atoms. The lowest BCUT2D eigenvalue weighted by Crippen LogP contribution is -2.03. The Labute approximate surface area is 82.8 Å². The molecule has 1 aromatic rings. The first-order valence-electron chi connectivity index (χ1n) is 4.70. The Morgan fingerprint density at radius 3 is 2.71 bits per heavy atom. The summed E-state index contributed by atoms with van der Waals surface area (Å²) in [5.41, 5.74) is 0. The Morgan fingerprint density at radius 2 is 2.29 bits per heavy atom. The maximum absolute atomic E-state index is 10.6. The van der Waals surface area contributed by atoms with E-state index in [-0.39, 0.29) is 11.7 Å². The number of carbonyl (C=O) groups is 1. The van der Waals surface area contributed by atoms with Crippen molar-refractivity contribution in [1.29, 1.82) is 0 Å². The molecule has 0 aliphatic carbocycles. The fourth-order valence-corrected chi connectivity index (χ4v) is 1.48. The zero-order valence-corrected chi connectivity index (χ0v) is 8.69. The van der Waals surface area contributed by atoms with Gasteiger partial charge in [0.25, 0.3) is 5.82 Å². The molecule has 5 heteroatoms. The number of hydrogen-bond acceptors (Lipinski definition) is 3. The number of aromatic nitrogens is 3. The first-order valence-corrected chi connectivity index (χ1v) is 4.70. The van der Waals surface area contributed by atoms with E-state index in [0.29, 0.717) is 0 Å². The van der Waals surface area contributed by atoms with E-state index in [4.69, 9.17) is 5.11 Å². The normalized spacial score (nSPS) is 12.8. The van der Waals surface area contributed by atoms with Crippen LogP contribution in [0.3, 0.4) is 0 Å². The van der Waals surface area contributed by atoms with Gasteiger partial charge < -0.3 is 5.11 Å². The Hall–Kier alpha value is -1.39. The number of nitrogens with zero attached hydrogens (tertiary/aromatic N) is 3. The van der Waals surface area contributed by atoms with Gasteiger partial charge in [0.15, 0.2) is 0 Å². The lowest BCUT2D eigenvalue weighted by Gasteiger charge is -2.07. The molecule has 0 saturated carbocycles. The third kappa shape index (κ3) is 2.10. The number of aryl methyl sites for hydroxylation is 1. The molecule has 0 saturated heterocycles. The highest BCUT2D eigenvalue weighted by atomic mass is 16.4. The fourth-order valence-electron chi connectivity index (χ4n) is 1.48. The second kappa shape index (κ2) is 4.21. The minimum Gasteiger partial charge on any atom is -0.475 e. The van der Waals surface area contributed by atoms with Gasteiger partial charge in [-0.2, -0.15) is 0 Å². The Kier molecular flexibility index (Phi) is 3.22. The van der Waals surface area contributed by atoms with Crippen LogP contribution in [0.5, 0.6) is 0 Å². The third-order valence-electron chi connectivity index (χ3n) is 2.15. The molecule has 0 radical (unpaired) electrons. The van der Waals surface area contributed by atoms with Gasteiger partial charge in [-0.15, -0.1) is 5.10 Å². The third-order valence-corrected chi connectivity index (χ3v) is 2.15. The van der Waals surface area contributed by atoms with Crippen molar-refractivity contribution < 1.29 is 9.90 Å². The van der Waals surface area contributed by atoms with Crippen molar-refractivity contribution >= 4 is 5.97 Å². The predicted octanol–water partition coefficient (Wildman–Crippen LogP) is 1.42. The summed E-state index contributed by atoms with van der Waals surface area (Å²) in [6, 6.07) is 0. The zero-order valence-electron chi connectivity index (χ0n) is 8.69. The Morgan fingerprint density at radius 1 is 1.64 bits per heavy atom. The van der Waals surface area contributed by atoms with Crippen LogP contribution in [0, 0.1) is 0 Å². The zero-order chi connectivity index (χ0) is 10.7. The van der Waals surface area contributed by atoms with E-state index in [2.05, 4.69) is 17.0 Å². The first kappa shape index (κ1) is 10.7. The molecule has 1 heterocycles. The van der Waals surface area contributed by atoms with E-state index in [1.165, 1.54) is 0 Å². The van der Waals surface area contributed by atoms with Crippen molar-refractivity contribution in [3.05, 3.63) is 11.6 Å². The molecule has 0 aliphatic heterocycles. The van der Waals surface area contributed by atoms with E-state index in [1.807, 2.05) is 6.92 Å². The van der Waals surface area contributed by atoms with Gasteiger partial charge in [0, 0.05) is 13.0 Å². The van der Waals surface area contributed by atoms with E-state index in [1.54, 1.807) is 11.7 Å². The van der Waals surface area contributed by atoms with Crippen molar-refractivity contribution in [3.63, 3.8) is 0 Å². The number of aromatic carboxylic acids is 1. The topological polar surface area (TPSA) is 68.0 Å². The largest absolute Gasteiger partial charge is 0.475 e. The average molecular weight is 197 g/mol. The van der Waals surface area contributed by atoms with E-state index < -0.39 is 5.97 Å². The Balaban J connectivity index is 2.92. The molecule has 14 heavy (non-hydrogen) atoms. The van der Waals surface area contributed by atoms with Gasteiger partial charge in [-0.25, -0.2) is 9.78 Å². The highest BCUT2D eigenvalue weighted by molar-refractivity contribution is 5.82. The van der Waals surface area contributed by atoms with Crippen LogP contribution in [0.15, 0.2) is 0 Å². The smallest absolute Gasteiger partial charge is 0.375 e. The molecule has 78 valence electrons. The molecule has 0 aromatic carbocycles. The van der Waals surface area contributed by atoms with Crippen LogP contribution in [0.2, 0.25) is 0 Å². The number of rotatable bonds is 4. The van der Waals surface area contributed by atoms with Gasteiger partial charge in [-0.05, 0) is 6.42 Å². The molecular weight excluding hydrogens is 182 g/mol. The minimum absolute atomic E-state index is 0.120. The summed E-state index contributed by atoms with van der Waals surface area (Å²) >= 11 is 0. The van der Waals surface area contributed by atoms with Gasteiger partial charge in [0.1, 0.15) is 5.82 Å². The summed E-state index contributed by atoms with van der Waals surface area (Å²) in [4.78, 5) is 14.6. The van der Waals surface area contributed by atoms with Crippen LogP contribution < -0.4 is 0 Å². The molecule has 0 spiro atoms. The molecular formula is C9H15N3O2. The summed E-state index contributed by atoms with van der Waals surface area (Å²) in [6.45, 7) is 4.12. The van der Waals surface area contributed by atoms with Crippen molar-refractivity contribution in [2.24, 2.45) is 7.05 Å². The molecule has 1 rings (SSSR count). The maximum atomic E-state index is 10.6. The lowest BCUT2D eigenvalue weighted by molar-refractivity contribution is 0.0683. The van der Waals surface area contributed by atoms with Crippen molar-refractivity contribution in [3.8, 4) is 0 Å². The van der Waals surface area contributed by atoms with Crippen LogP contribution in [-0.2, 0) is 7.05 Å². The molecule has 1 aromatic heterocycles. The van der Waals surface area contributed by atoms with Gasteiger partial charge in [-0.1, -0.05) is 20.3 Å². The molecule has 1 atom stereocenters. The van der Waals surface area contributed by atoms with Crippen LogP contribution in [-0.4, -0.2) is 25.8 Å². The van der Waals surface area contributed by atoms with E-state index >= 15 is 0 Å². The average Bonchev–Trinajstić information content (AvgIpc) is 2.48. The SMILES string of the molecule is CCCC(C)c1nc(C(=O)O)nn1C. The molecule has 5 nitrogen and oxygen atoms in total. The Bertz CT molecular complexity index is 333. The molecule has 1 unspecified atom stereocenters. The standard InChI is InChI=1S/C9H15N3O2/c1-4-5-6(2)8-10-7(9(13)14)11-12(8)3/h6H,4-5H2,1-3H3,(H,13,14). The van der Waals surface area contributed by atoms with Gasteiger partial charge >= 0.3 is 5.97 Å². The lowest BCUT2D eigenvalue weighted by atomic mass is 10.1. The highest BCUT2D eigenvalue weighted by Crippen LogP contribution is 2.17. The monoisotopic (exact) mass is 197 g/mol. The van der Waals surface area contributed by atoms with Gasteiger partial charge in [0.2, 0.25) is 0 Å². The minimum atomic E-state index is -1.07. The van der Waals surface area contributed by atoms with Crippen LogP contribution >= 0.6 is 0 Å². The second-order valence-electron chi connectivity index (χ2n) is 3.41. The maximum Gasteiger partial charge on any atom is 0.375 e. The van der Waals surface area contributed by atoms with Crippen LogP contribution in [0.4, 0.5) is 0 Å². The summed E-state index contributed by atoms with van der Waals surface area (Å²) in [6.07, 6.45) is 2.04. The van der Waals surface area contributed by atoms with Crippen LogP contribution in [0.1, 0.15) is 49.1 Å². The fraction of sp³-hybridized carbons (Fsp3) is 0.667. The summed E-state index contributed by atoms with van der Waals surface area (Å²) in [7, 11) is 1.72. The van der Waals surface area contributed by atoms with Crippen molar-refractivity contribution in [2.75, 3.05) is 0 Å². The van der Waals surface area contributed by atoms with E-state index in [0.717, 1.165) is 18.7 Å². The molecule has 0 aliphatic rings. The molecule has 0 fully saturated rings. The summed E-state index contributed by atoms with van der Waals surface area (Å²) < 4.78 is 1.55. The summed E-state index contributed by atoms with van der Waals surface area (Å²) in [5, 5.41) is 12.5. The molecule has 1 N–H and O–H groups in total. The molecule has 0 amide bonds. The predicted molar refractivity (Wildman–Crippen MR) is 51.3 cm³/mol.